The van der Waals surface area contributed by atoms with Crippen molar-refractivity contribution in [1.82, 2.24) is 0 Å². The Kier molecular flexibility index (Phi) is 3.96. The average molecular weight is 239 g/mol. The molecule has 0 saturated heterocycles. The summed E-state index contributed by atoms with van der Waals surface area (Å²) in [6, 6.07) is 0. The van der Waals surface area contributed by atoms with Crippen LogP contribution in [0.5, 0.6) is 0 Å². The zero-order valence-corrected chi connectivity index (χ0v) is 11.1. The zero-order valence-electron chi connectivity index (χ0n) is 11.1. The zero-order chi connectivity index (χ0) is 13.1. The van der Waals surface area contributed by atoms with Crippen LogP contribution in [-0.2, 0) is 14.4 Å². The molecule has 0 amide bonds. The fraction of sp³-hybridized carbons (Fsp3) is 0.692. The van der Waals surface area contributed by atoms with Gasteiger partial charge >= 0.3 is 5.97 Å². The largest absolute Gasteiger partial charge is 0.458 e. The Morgan fingerprint density at radius 1 is 1.65 bits per heavy atom. The second-order valence-corrected chi connectivity index (χ2v) is 5.29. The molecular weight excluding hydrogens is 218 g/mol. The lowest BCUT2D eigenvalue weighted by atomic mass is 9.82. The van der Waals surface area contributed by atoms with E-state index in [1.165, 1.54) is 0 Å². The van der Waals surface area contributed by atoms with Crippen LogP contribution in [-0.4, -0.2) is 23.9 Å². The first-order valence-electron chi connectivity index (χ1n) is 5.89. The second-order valence-electron chi connectivity index (χ2n) is 5.29. The van der Waals surface area contributed by atoms with E-state index in [0.717, 1.165) is 5.71 Å². The molecule has 0 aromatic carbocycles. The minimum atomic E-state index is -0.939. The predicted molar refractivity (Wildman–Crippen MR) is 66.8 cm³/mol. The summed E-state index contributed by atoms with van der Waals surface area (Å²) in [5, 5.41) is 4.05. The Labute approximate surface area is 103 Å². The summed E-state index contributed by atoms with van der Waals surface area (Å²) in [7, 11) is 0. The number of hydrogen-bond acceptors (Lipinski definition) is 4. The number of carbonyl (C=O) groups is 1. The number of esters is 1. The fourth-order valence-corrected chi connectivity index (χ4v) is 1.59. The van der Waals surface area contributed by atoms with Gasteiger partial charge in [0.05, 0.1) is 5.71 Å². The van der Waals surface area contributed by atoms with Gasteiger partial charge in [0.25, 0.3) is 0 Å². The van der Waals surface area contributed by atoms with Crippen molar-refractivity contribution in [3.63, 3.8) is 0 Å². The molecule has 0 bridgehead atoms. The molecule has 0 aromatic rings. The molecule has 1 unspecified atom stereocenters. The molecule has 0 radical (unpaired) electrons. The van der Waals surface area contributed by atoms with Gasteiger partial charge in [-0.05, 0) is 6.42 Å². The number of ether oxygens (including phenoxy) is 1. The summed E-state index contributed by atoms with van der Waals surface area (Å²) in [4.78, 5) is 17.3. The molecule has 4 heteroatoms. The molecule has 0 aromatic heterocycles. The number of hydrogen-bond donors (Lipinski definition) is 0. The maximum absolute atomic E-state index is 12.0. The molecule has 0 N–H and O–H groups in total. The third-order valence-electron chi connectivity index (χ3n) is 2.92. The van der Waals surface area contributed by atoms with Crippen LogP contribution in [0.1, 0.15) is 40.5 Å². The van der Waals surface area contributed by atoms with Gasteiger partial charge in [-0.25, -0.2) is 4.79 Å². The SMILES string of the molecule is C=CCOC(=O)C1(CC)CC(C(C)(C)C)=NO1. The van der Waals surface area contributed by atoms with Crippen molar-refractivity contribution in [2.24, 2.45) is 10.6 Å². The maximum Gasteiger partial charge on any atom is 0.354 e. The van der Waals surface area contributed by atoms with E-state index in [-0.39, 0.29) is 18.0 Å². The molecule has 96 valence electrons. The maximum atomic E-state index is 12.0. The van der Waals surface area contributed by atoms with Gasteiger partial charge in [0, 0.05) is 11.8 Å². The van der Waals surface area contributed by atoms with Crippen molar-refractivity contribution in [3.8, 4) is 0 Å². The van der Waals surface area contributed by atoms with Crippen molar-refractivity contribution in [3.05, 3.63) is 12.7 Å². The lowest BCUT2D eigenvalue weighted by Gasteiger charge is -2.24. The van der Waals surface area contributed by atoms with Crippen molar-refractivity contribution in [2.75, 3.05) is 6.61 Å². The van der Waals surface area contributed by atoms with Gasteiger partial charge in [-0.1, -0.05) is 45.5 Å². The van der Waals surface area contributed by atoms with Crippen LogP contribution in [0.2, 0.25) is 0 Å². The second kappa shape index (κ2) is 4.90. The highest BCUT2D eigenvalue weighted by atomic mass is 16.7. The minimum Gasteiger partial charge on any atom is -0.458 e. The van der Waals surface area contributed by atoms with Crippen LogP contribution in [0.3, 0.4) is 0 Å². The van der Waals surface area contributed by atoms with Gasteiger partial charge in [0.1, 0.15) is 6.61 Å². The molecule has 0 fully saturated rings. The molecule has 1 atom stereocenters. The molecular formula is C13H21NO3. The van der Waals surface area contributed by atoms with Gasteiger partial charge in [-0.3, -0.25) is 0 Å². The van der Waals surface area contributed by atoms with Crippen LogP contribution in [0.25, 0.3) is 0 Å². The molecule has 17 heavy (non-hydrogen) atoms. The van der Waals surface area contributed by atoms with E-state index < -0.39 is 5.60 Å². The van der Waals surface area contributed by atoms with E-state index in [9.17, 15) is 4.79 Å². The normalized spacial score (nSPS) is 23.9. The smallest absolute Gasteiger partial charge is 0.354 e. The molecule has 1 heterocycles. The van der Waals surface area contributed by atoms with Crippen molar-refractivity contribution < 1.29 is 14.4 Å². The molecule has 1 aliphatic rings. The molecule has 4 nitrogen and oxygen atoms in total. The van der Waals surface area contributed by atoms with Gasteiger partial charge in [0.15, 0.2) is 0 Å². The van der Waals surface area contributed by atoms with E-state index in [1.54, 1.807) is 6.08 Å². The average Bonchev–Trinajstić information content (AvgIpc) is 2.71. The van der Waals surface area contributed by atoms with Crippen molar-refractivity contribution >= 4 is 11.7 Å². The fourth-order valence-electron chi connectivity index (χ4n) is 1.59. The van der Waals surface area contributed by atoms with Crippen molar-refractivity contribution in [1.29, 1.82) is 0 Å². The number of nitrogens with zero attached hydrogens (tertiary/aromatic N) is 1. The lowest BCUT2D eigenvalue weighted by Crippen LogP contribution is -2.41. The van der Waals surface area contributed by atoms with Crippen LogP contribution in [0.15, 0.2) is 17.8 Å². The number of oxime groups is 1. The van der Waals surface area contributed by atoms with E-state index in [2.05, 4.69) is 32.5 Å². The highest BCUT2D eigenvalue weighted by Gasteiger charge is 2.48. The Morgan fingerprint density at radius 2 is 2.29 bits per heavy atom. The lowest BCUT2D eigenvalue weighted by molar-refractivity contribution is -0.168. The summed E-state index contributed by atoms with van der Waals surface area (Å²) in [6.07, 6.45) is 2.59. The quantitative estimate of drug-likeness (QED) is 0.559. The topological polar surface area (TPSA) is 47.9 Å². The molecule has 1 aliphatic heterocycles. The Morgan fingerprint density at radius 3 is 2.71 bits per heavy atom. The molecule has 0 spiro atoms. The van der Waals surface area contributed by atoms with E-state index in [0.29, 0.717) is 12.8 Å². The molecule has 0 saturated carbocycles. The van der Waals surface area contributed by atoms with Crippen LogP contribution >= 0.6 is 0 Å². The number of rotatable bonds is 4. The first-order valence-corrected chi connectivity index (χ1v) is 5.89. The van der Waals surface area contributed by atoms with Crippen molar-refractivity contribution in [2.45, 2.75) is 46.1 Å². The minimum absolute atomic E-state index is 0.0877. The monoisotopic (exact) mass is 239 g/mol. The summed E-state index contributed by atoms with van der Waals surface area (Å²) in [5.74, 6) is -0.358. The predicted octanol–water partition coefficient (Wildman–Crippen LogP) is 2.69. The van der Waals surface area contributed by atoms with Gasteiger partial charge in [-0.15, -0.1) is 0 Å². The van der Waals surface area contributed by atoms with E-state index >= 15 is 0 Å². The Balaban J connectivity index is 2.76. The first kappa shape index (κ1) is 13.7. The summed E-state index contributed by atoms with van der Waals surface area (Å²) in [5.41, 5.74) is -0.128. The van der Waals surface area contributed by atoms with Crippen LogP contribution in [0.4, 0.5) is 0 Å². The van der Waals surface area contributed by atoms with Crippen LogP contribution < -0.4 is 0 Å². The number of carbonyl (C=O) groups excluding carboxylic acids is 1. The highest BCUT2D eigenvalue weighted by molar-refractivity contribution is 5.96. The van der Waals surface area contributed by atoms with E-state index in [4.69, 9.17) is 9.57 Å². The van der Waals surface area contributed by atoms with Gasteiger partial charge in [0.2, 0.25) is 5.60 Å². The van der Waals surface area contributed by atoms with Gasteiger partial charge < -0.3 is 9.57 Å². The summed E-state index contributed by atoms with van der Waals surface area (Å²) >= 11 is 0. The van der Waals surface area contributed by atoms with E-state index in [1.807, 2.05) is 6.92 Å². The Hall–Kier alpha value is -1.32. The molecule has 1 rings (SSSR count). The van der Waals surface area contributed by atoms with Crippen LogP contribution in [0, 0.1) is 5.41 Å². The summed E-state index contributed by atoms with van der Waals surface area (Å²) < 4.78 is 5.08. The Bertz CT molecular complexity index is 341. The van der Waals surface area contributed by atoms with Gasteiger partial charge in [-0.2, -0.15) is 0 Å². The standard InChI is InChI=1S/C13H21NO3/c1-6-8-16-11(15)13(7-2)9-10(14-17-13)12(3,4)5/h6H,1,7-9H2,2-5H3. The first-order chi connectivity index (χ1) is 7.85. The third-order valence-corrected chi connectivity index (χ3v) is 2.92. The molecule has 0 aliphatic carbocycles. The summed E-state index contributed by atoms with van der Waals surface area (Å²) in [6.45, 7) is 11.8. The highest BCUT2D eigenvalue weighted by Crippen LogP contribution is 2.35. The third kappa shape index (κ3) is 2.87.